The molecule has 4 nitrogen and oxygen atoms in total. The fourth-order valence-electron chi connectivity index (χ4n) is 3.60. The van der Waals surface area contributed by atoms with Crippen LogP contribution < -0.4 is 0 Å². The van der Waals surface area contributed by atoms with E-state index in [1.807, 2.05) is 0 Å². The smallest absolute Gasteiger partial charge is 0.0849 e. The third-order valence-corrected chi connectivity index (χ3v) is 6.47. The Kier molecular flexibility index (Phi) is 15.9. The first-order valence-corrected chi connectivity index (χ1v) is 13.1. The first kappa shape index (κ1) is 32.8. The second kappa shape index (κ2) is 16.5. The quantitative estimate of drug-likeness (QED) is 0.135. The van der Waals surface area contributed by atoms with Gasteiger partial charge in [0.05, 0.1) is 23.4 Å². The predicted molar refractivity (Wildman–Crippen MR) is 146 cm³/mol. The summed E-state index contributed by atoms with van der Waals surface area (Å²) in [5.74, 6) is 0. The molecule has 4 heteroatoms. The van der Waals surface area contributed by atoms with Gasteiger partial charge in [0.25, 0.3) is 0 Å². The van der Waals surface area contributed by atoms with E-state index in [-0.39, 0.29) is 0 Å². The van der Waals surface area contributed by atoms with Gasteiger partial charge in [-0.2, -0.15) is 0 Å². The Morgan fingerprint density at radius 2 is 0.794 bits per heavy atom. The molecule has 0 aliphatic rings. The van der Waals surface area contributed by atoms with Crippen LogP contribution in [0.25, 0.3) is 0 Å². The maximum Gasteiger partial charge on any atom is 0.0849 e. The van der Waals surface area contributed by atoms with Crippen LogP contribution in [0.3, 0.4) is 0 Å². The van der Waals surface area contributed by atoms with Gasteiger partial charge >= 0.3 is 0 Å². The molecule has 0 saturated heterocycles. The maximum atomic E-state index is 9.93. The summed E-state index contributed by atoms with van der Waals surface area (Å²) in [6, 6.07) is 0. The van der Waals surface area contributed by atoms with Gasteiger partial charge < -0.3 is 20.4 Å². The number of allylic oxidation sites excluding steroid dienone is 8. The van der Waals surface area contributed by atoms with Crippen molar-refractivity contribution in [3.05, 3.63) is 46.6 Å². The van der Waals surface area contributed by atoms with E-state index in [4.69, 9.17) is 0 Å². The Balaban J connectivity index is 4.16. The molecule has 34 heavy (non-hydrogen) atoms. The number of hydrogen-bond acceptors (Lipinski definition) is 4. The summed E-state index contributed by atoms with van der Waals surface area (Å²) in [5, 5.41) is 39.5. The molecule has 0 heterocycles. The molecule has 4 N–H and O–H groups in total. The van der Waals surface area contributed by atoms with Gasteiger partial charge in [0.1, 0.15) is 0 Å². The summed E-state index contributed by atoms with van der Waals surface area (Å²) in [4.78, 5) is 0. The summed E-state index contributed by atoms with van der Waals surface area (Å²) in [6.07, 6.45) is 16.9. The number of hydrogen-bond donors (Lipinski definition) is 4. The van der Waals surface area contributed by atoms with Crippen molar-refractivity contribution in [2.24, 2.45) is 0 Å². The Bertz CT molecular complexity index is 624. The maximum absolute atomic E-state index is 9.93. The molecular formula is C30H54O4. The van der Waals surface area contributed by atoms with E-state index in [0.717, 1.165) is 51.4 Å². The van der Waals surface area contributed by atoms with Gasteiger partial charge in [-0.3, -0.25) is 0 Å². The lowest BCUT2D eigenvalue weighted by molar-refractivity contribution is -0.0510. The largest absolute Gasteiger partial charge is 0.390 e. The van der Waals surface area contributed by atoms with Gasteiger partial charge in [0.2, 0.25) is 0 Å². The molecule has 0 amide bonds. The fraction of sp³-hybridized carbons (Fsp3) is 0.733. The first-order chi connectivity index (χ1) is 15.6. The second-order valence-corrected chi connectivity index (χ2v) is 11.3. The molecule has 0 aromatic heterocycles. The third kappa shape index (κ3) is 17.3. The van der Waals surface area contributed by atoms with Gasteiger partial charge in [-0.1, -0.05) is 46.6 Å². The molecular weight excluding hydrogens is 424 g/mol. The zero-order valence-electron chi connectivity index (χ0n) is 23.3. The summed E-state index contributed by atoms with van der Waals surface area (Å²) in [5.41, 5.74) is 3.30. The topological polar surface area (TPSA) is 80.9 Å². The highest BCUT2D eigenvalue weighted by molar-refractivity contribution is 5.07. The van der Waals surface area contributed by atoms with Crippen LogP contribution >= 0.6 is 0 Å². The zero-order valence-corrected chi connectivity index (χ0v) is 23.3. The normalized spacial score (nSPS) is 16.7. The van der Waals surface area contributed by atoms with Gasteiger partial charge in [0.15, 0.2) is 0 Å². The van der Waals surface area contributed by atoms with Gasteiger partial charge in [0, 0.05) is 0 Å². The molecule has 0 radical (unpaired) electrons. The van der Waals surface area contributed by atoms with E-state index >= 15 is 0 Å². The van der Waals surface area contributed by atoms with Crippen molar-refractivity contribution in [3.8, 4) is 0 Å². The minimum Gasteiger partial charge on any atom is -0.390 e. The van der Waals surface area contributed by atoms with Crippen LogP contribution in [0.2, 0.25) is 0 Å². The third-order valence-electron chi connectivity index (χ3n) is 6.47. The van der Waals surface area contributed by atoms with Crippen LogP contribution in [0.1, 0.15) is 120 Å². The van der Waals surface area contributed by atoms with Crippen molar-refractivity contribution in [1.82, 2.24) is 0 Å². The Morgan fingerprint density at radius 3 is 1.09 bits per heavy atom. The van der Waals surface area contributed by atoms with Crippen molar-refractivity contribution in [3.63, 3.8) is 0 Å². The lowest BCUT2D eigenvalue weighted by atomic mass is 9.95. The van der Waals surface area contributed by atoms with Crippen molar-refractivity contribution < 1.29 is 20.4 Å². The molecule has 0 aromatic carbocycles. The highest BCUT2D eigenvalue weighted by atomic mass is 16.3. The van der Waals surface area contributed by atoms with Crippen LogP contribution in [0.15, 0.2) is 46.6 Å². The van der Waals surface area contributed by atoms with Gasteiger partial charge in [-0.25, -0.2) is 0 Å². The lowest BCUT2D eigenvalue weighted by Gasteiger charge is -2.24. The molecule has 0 fully saturated rings. The average Bonchev–Trinajstić information content (AvgIpc) is 2.71. The van der Waals surface area contributed by atoms with Crippen LogP contribution in [0, 0.1) is 0 Å². The zero-order chi connectivity index (χ0) is 26.4. The van der Waals surface area contributed by atoms with Gasteiger partial charge in [-0.15, -0.1) is 0 Å². The molecule has 0 aliphatic heterocycles. The highest BCUT2D eigenvalue weighted by Gasteiger charge is 2.24. The average molecular weight is 479 g/mol. The summed E-state index contributed by atoms with van der Waals surface area (Å²) >= 11 is 0. The van der Waals surface area contributed by atoms with Crippen LogP contribution in [-0.4, -0.2) is 43.8 Å². The highest BCUT2D eigenvalue weighted by Crippen LogP contribution is 2.19. The van der Waals surface area contributed by atoms with Crippen LogP contribution in [-0.2, 0) is 0 Å². The lowest BCUT2D eigenvalue weighted by Crippen LogP contribution is -2.35. The second-order valence-electron chi connectivity index (χ2n) is 11.3. The number of rotatable bonds is 17. The van der Waals surface area contributed by atoms with Crippen molar-refractivity contribution >= 4 is 0 Å². The molecule has 0 aliphatic carbocycles. The van der Waals surface area contributed by atoms with E-state index in [0.29, 0.717) is 12.8 Å². The Hall–Kier alpha value is -1.20. The summed E-state index contributed by atoms with van der Waals surface area (Å²) in [6.45, 7) is 15.2. The number of aliphatic hydroxyl groups is 4. The van der Waals surface area contributed by atoms with Crippen molar-refractivity contribution in [2.45, 2.75) is 143 Å². The predicted octanol–water partition coefficient (Wildman–Crippen LogP) is 6.94. The molecule has 0 unspecified atom stereocenters. The molecule has 2 atom stereocenters. The standard InChI is InChI=1S/C30H54O4/c1-23(15-11-17-25(3)19-21-27(31)29(5,6)33)13-9-10-14-24(2)16-12-18-26(4)20-22-28(32)30(7,8)34/h13-14,17-18,27-28,31-34H,9-12,15-16,19-22H2,1-8H3/t27-,28-/m1/s1. The minimum atomic E-state index is -1.04. The van der Waals surface area contributed by atoms with E-state index in [1.165, 1.54) is 22.3 Å². The Labute approximate surface area is 210 Å². The summed E-state index contributed by atoms with van der Waals surface area (Å²) < 4.78 is 0. The van der Waals surface area contributed by atoms with E-state index in [1.54, 1.807) is 27.7 Å². The molecule has 198 valence electrons. The first-order valence-electron chi connectivity index (χ1n) is 13.1. The molecule has 0 bridgehead atoms. The van der Waals surface area contributed by atoms with Crippen molar-refractivity contribution in [1.29, 1.82) is 0 Å². The van der Waals surface area contributed by atoms with E-state index < -0.39 is 23.4 Å². The van der Waals surface area contributed by atoms with E-state index in [9.17, 15) is 20.4 Å². The molecule has 0 aromatic rings. The fourth-order valence-corrected chi connectivity index (χ4v) is 3.60. The Morgan fingerprint density at radius 1 is 0.529 bits per heavy atom. The van der Waals surface area contributed by atoms with E-state index in [2.05, 4.69) is 52.0 Å². The number of aliphatic hydroxyl groups excluding tert-OH is 2. The van der Waals surface area contributed by atoms with Crippen LogP contribution in [0.4, 0.5) is 0 Å². The van der Waals surface area contributed by atoms with Gasteiger partial charge in [-0.05, 0) is 120 Å². The SMILES string of the molecule is CC(=CCCC=C(C)CCC=C(C)CC[C@@H](O)C(C)(C)O)CCC=C(C)CC[C@@H](O)C(C)(C)O. The molecule has 0 rings (SSSR count). The van der Waals surface area contributed by atoms with Crippen molar-refractivity contribution in [2.75, 3.05) is 0 Å². The molecule has 0 spiro atoms. The summed E-state index contributed by atoms with van der Waals surface area (Å²) in [7, 11) is 0. The van der Waals surface area contributed by atoms with Crippen LogP contribution in [0.5, 0.6) is 0 Å². The monoisotopic (exact) mass is 478 g/mol. The minimum absolute atomic E-state index is 0.590. The number of unbranched alkanes of at least 4 members (excludes halogenated alkanes) is 1. The molecule has 0 saturated carbocycles.